The molecule has 1 N–H and O–H groups in total. The topological polar surface area (TPSA) is 75.7 Å². The summed E-state index contributed by atoms with van der Waals surface area (Å²) >= 11 is 0. The van der Waals surface area contributed by atoms with E-state index in [4.69, 9.17) is 0 Å². The van der Waals surface area contributed by atoms with E-state index >= 15 is 0 Å². The Balaban J connectivity index is 2.37. The van der Waals surface area contributed by atoms with Gasteiger partial charge in [0, 0.05) is 25.3 Å². The molecule has 0 saturated carbocycles. The van der Waals surface area contributed by atoms with Crippen molar-refractivity contribution >= 4 is 21.6 Å². The molecule has 146 valence electrons. The van der Waals surface area contributed by atoms with Crippen LogP contribution in [0.3, 0.4) is 0 Å². The van der Waals surface area contributed by atoms with E-state index in [2.05, 4.69) is 10.1 Å². The maximum Gasteiger partial charge on any atom is 0.387 e. The van der Waals surface area contributed by atoms with Crippen LogP contribution in [0.1, 0.15) is 21.5 Å². The molecule has 0 atom stereocenters. The number of benzene rings is 2. The van der Waals surface area contributed by atoms with Gasteiger partial charge in [0.2, 0.25) is 10.0 Å². The molecule has 2 rings (SSSR count). The van der Waals surface area contributed by atoms with Gasteiger partial charge in [0.15, 0.2) is 0 Å². The van der Waals surface area contributed by atoms with Crippen molar-refractivity contribution in [3.63, 3.8) is 0 Å². The largest absolute Gasteiger partial charge is 0.435 e. The molecule has 0 fully saturated rings. The highest BCUT2D eigenvalue weighted by Crippen LogP contribution is 2.26. The Morgan fingerprint density at radius 2 is 1.81 bits per heavy atom. The van der Waals surface area contributed by atoms with Crippen LogP contribution in [0.25, 0.3) is 0 Å². The van der Waals surface area contributed by atoms with Gasteiger partial charge in [0.05, 0.1) is 4.90 Å². The molecule has 27 heavy (non-hydrogen) atoms. The second-order valence-corrected chi connectivity index (χ2v) is 8.21. The van der Waals surface area contributed by atoms with Crippen LogP contribution in [-0.4, -0.2) is 39.3 Å². The second kappa shape index (κ2) is 8.01. The number of amides is 1. The predicted molar refractivity (Wildman–Crippen MR) is 97.8 cm³/mol. The number of carbonyl (C=O) groups is 1. The molecule has 0 heterocycles. The van der Waals surface area contributed by atoms with Crippen molar-refractivity contribution in [3.8, 4) is 5.75 Å². The number of anilines is 1. The van der Waals surface area contributed by atoms with Gasteiger partial charge < -0.3 is 10.1 Å². The Bertz CT molecular complexity index is 960. The maximum atomic E-state index is 12.5. The third-order valence-corrected chi connectivity index (χ3v) is 5.78. The zero-order valence-corrected chi connectivity index (χ0v) is 16.1. The Hall–Kier alpha value is -2.52. The van der Waals surface area contributed by atoms with Gasteiger partial charge >= 0.3 is 6.61 Å². The SMILES string of the molecule is Cc1cc(S(=O)(=O)N(C)C)cc(NC(=O)c2cccc(OC(F)F)c2)c1C. The first-order chi connectivity index (χ1) is 12.5. The summed E-state index contributed by atoms with van der Waals surface area (Å²) in [4.78, 5) is 12.5. The van der Waals surface area contributed by atoms with Crippen molar-refractivity contribution in [3.05, 3.63) is 53.1 Å². The smallest absolute Gasteiger partial charge is 0.387 e. The van der Waals surface area contributed by atoms with E-state index < -0.39 is 22.5 Å². The molecule has 0 aliphatic rings. The second-order valence-electron chi connectivity index (χ2n) is 6.06. The quantitative estimate of drug-likeness (QED) is 0.809. The molecular weight excluding hydrogens is 378 g/mol. The molecule has 0 aromatic heterocycles. The molecule has 0 aliphatic heterocycles. The number of alkyl halides is 2. The fourth-order valence-corrected chi connectivity index (χ4v) is 3.34. The van der Waals surface area contributed by atoms with Gasteiger partial charge in [-0.3, -0.25) is 4.79 Å². The van der Waals surface area contributed by atoms with Crippen molar-refractivity contribution in [1.82, 2.24) is 4.31 Å². The molecule has 0 unspecified atom stereocenters. The van der Waals surface area contributed by atoms with Crippen molar-refractivity contribution in [2.45, 2.75) is 25.4 Å². The first-order valence-electron chi connectivity index (χ1n) is 7.92. The molecule has 1 amide bonds. The minimum absolute atomic E-state index is 0.0423. The van der Waals surface area contributed by atoms with Crippen LogP contribution < -0.4 is 10.1 Å². The van der Waals surface area contributed by atoms with Crippen molar-refractivity contribution in [2.75, 3.05) is 19.4 Å². The van der Waals surface area contributed by atoms with Crippen molar-refractivity contribution in [1.29, 1.82) is 0 Å². The van der Waals surface area contributed by atoms with E-state index in [9.17, 15) is 22.0 Å². The van der Waals surface area contributed by atoms with Gasteiger partial charge in [-0.2, -0.15) is 8.78 Å². The van der Waals surface area contributed by atoms with Crippen LogP contribution in [0.5, 0.6) is 5.75 Å². The number of sulfonamides is 1. The van der Waals surface area contributed by atoms with Gasteiger partial charge in [-0.15, -0.1) is 0 Å². The standard InChI is InChI=1S/C18H20F2N2O4S/c1-11-8-15(27(24,25)22(3)4)10-16(12(11)2)21-17(23)13-6-5-7-14(9-13)26-18(19)20/h5-10,18H,1-4H3,(H,21,23). The lowest BCUT2D eigenvalue weighted by molar-refractivity contribution is -0.0498. The van der Waals surface area contributed by atoms with E-state index in [0.29, 0.717) is 16.8 Å². The Morgan fingerprint density at radius 1 is 1.15 bits per heavy atom. The van der Waals surface area contributed by atoms with Crippen LogP contribution >= 0.6 is 0 Å². The number of carbonyl (C=O) groups excluding carboxylic acids is 1. The summed E-state index contributed by atoms with van der Waals surface area (Å²) in [6.45, 7) is 0.477. The van der Waals surface area contributed by atoms with E-state index in [1.807, 2.05) is 0 Å². The molecule has 0 aliphatic carbocycles. The molecule has 6 nitrogen and oxygen atoms in total. The lowest BCUT2D eigenvalue weighted by Gasteiger charge is -2.16. The average molecular weight is 398 g/mol. The van der Waals surface area contributed by atoms with E-state index in [1.54, 1.807) is 13.8 Å². The molecule has 0 spiro atoms. The van der Waals surface area contributed by atoms with Gasteiger partial charge in [0.1, 0.15) is 5.75 Å². The normalized spacial score (nSPS) is 11.7. The highest BCUT2D eigenvalue weighted by molar-refractivity contribution is 7.89. The lowest BCUT2D eigenvalue weighted by atomic mass is 10.1. The van der Waals surface area contributed by atoms with Gasteiger partial charge in [-0.1, -0.05) is 6.07 Å². The van der Waals surface area contributed by atoms with E-state index in [-0.39, 0.29) is 16.2 Å². The highest BCUT2D eigenvalue weighted by atomic mass is 32.2. The molecule has 0 bridgehead atoms. The molecule has 0 saturated heterocycles. The van der Waals surface area contributed by atoms with E-state index in [0.717, 1.165) is 4.31 Å². The minimum atomic E-state index is -3.68. The molecule has 0 radical (unpaired) electrons. The zero-order chi connectivity index (χ0) is 20.4. The molecular formula is C18H20F2N2O4S. The number of halogens is 2. The first kappa shape index (κ1) is 20.8. The molecule has 2 aromatic rings. The molecule has 2 aromatic carbocycles. The van der Waals surface area contributed by atoms with Crippen LogP contribution in [0, 0.1) is 13.8 Å². The average Bonchev–Trinajstić information content (AvgIpc) is 2.58. The number of aryl methyl sites for hydroxylation is 1. The predicted octanol–water partition coefficient (Wildman–Crippen LogP) is 3.41. The summed E-state index contributed by atoms with van der Waals surface area (Å²) in [6.07, 6.45) is 0. The summed E-state index contributed by atoms with van der Waals surface area (Å²) < 4.78 is 54.8. The summed E-state index contributed by atoms with van der Waals surface area (Å²) in [7, 11) is -0.853. The monoisotopic (exact) mass is 398 g/mol. The Labute approximate surface area is 156 Å². The Morgan fingerprint density at radius 3 is 2.41 bits per heavy atom. The zero-order valence-electron chi connectivity index (χ0n) is 15.3. The third kappa shape index (κ3) is 4.81. The van der Waals surface area contributed by atoms with Crippen molar-refractivity contribution in [2.24, 2.45) is 0 Å². The number of ether oxygens (including phenoxy) is 1. The van der Waals surface area contributed by atoms with E-state index in [1.165, 1.54) is 50.5 Å². The Kier molecular flexibility index (Phi) is 6.17. The number of hydrogen-bond acceptors (Lipinski definition) is 4. The fraction of sp³-hybridized carbons (Fsp3) is 0.278. The highest BCUT2D eigenvalue weighted by Gasteiger charge is 2.20. The van der Waals surface area contributed by atoms with Gasteiger partial charge in [0.25, 0.3) is 5.91 Å². The minimum Gasteiger partial charge on any atom is -0.435 e. The molecule has 9 heteroatoms. The first-order valence-corrected chi connectivity index (χ1v) is 9.36. The number of nitrogens with zero attached hydrogens (tertiary/aromatic N) is 1. The summed E-state index contributed by atoms with van der Waals surface area (Å²) in [6, 6.07) is 8.24. The van der Waals surface area contributed by atoms with Crippen LogP contribution in [0.2, 0.25) is 0 Å². The van der Waals surface area contributed by atoms with Crippen LogP contribution in [0.4, 0.5) is 14.5 Å². The summed E-state index contributed by atoms with van der Waals surface area (Å²) in [5.41, 5.74) is 1.80. The number of hydrogen-bond donors (Lipinski definition) is 1. The van der Waals surface area contributed by atoms with Gasteiger partial charge in [-0.25, -0.2) is 12.7 Å². The maximum absolute atomic E-state index is 12.5. The summed E-state index contributed by atoms with van der Waals surface area (Å²) in [5, 5.41) is 2.63. The van der Waals surface area contributed by atoms with Crippen LogP contribution in [0.15, 0.2) is 41.3 Å². The third-order valence-electron chi connectivity index (χ3n) is 3.99. The van der Waals surface area contributed by atoms with Crippen molar-refractivity contribution < 1.29 is 26.7 Å². The number of rotatable bonds is 6. The fourth-order valence-electron chi connectivity index (χ4n) is 2.32. The lowest BCUT2D eigenvalue weighted by Crippen LogP contribution is -2.23. The number of nitrogens with one attached hydrogen (secondary N) is 1. The van der Waals surface area contributed by atoms with Crippen LogP contribution in [-0.2, 0) is 10.0 Å². The summed E-state index contributed by atoms with van der Waals surface area (Å²) in [5.74, 6) is -0.717. The van der Waals surface area contributed by atoms with Gasteiger partial charge in [-0.05, 0) is 55.3 Å².